The largest absolute Gasteiger partial charge is 0.269 e. The quantitative estimate of drug-likeness (QED) is 0.408. The van der Waals surface area contributed by atoms with Gasteiger partial charge in [0.15, 0.2) is 0 Å². The summed E-state index contributed by atoms with van der Waals surface area (Å²) < 4.78 is 0. The molecule has 2 heterocycles. The number of aryl methyl sites for hydroxylation is 1. The van der Waals surface area contributed by atoms with Gasteiger partial charge in [-0.25, -0.2) is 4.90 Å². The molecule has 0 saturated carbocycles. The lowest BCUT2D eigenvalue weighted by Crippen LogP contribution is -2.29. The summed E-state index contributed by atoms with van der Waals surface area (Å²) in [6.07, 6.45) is 0. The van der Waals surface area contributed by atoms with E-state index < -0.39 is 16.7 Å². The number of carbonyl (C=O) groups is 2. The second-order valence-electron chi connectivity index (χ2n) is 5.68. The highest BCUT2D eigenvalue weighted by Gasteiger charge is 2.40. The molecule has 0 N–H and O–H groups in total. The third kappa shape index (κ3) is 2.09. The first-order valence-electron chi connectivity index (χ1n) is 7.51. The van der Waals surface area contributed by atoms with Gasteiger partial charge in [0.1, 0.15) is 0 Å². The van der Waals surface area contributed by atoms with E-state index in [9.17, 15) is 19.7 Å². The van der Waals surface area contributed by atoms with Gasteiger partial charge >= 0.3 is 0 Å². The molecule has 7 heteroatoms. The molecule has 7 nitrogen and oxygen atoms in total. The van der Waals surface area contributed by atoms with Gasteiger partial charge < -0.3 is 0 Å². The number of nitro benzene ring substituents is 1. The SMILES string of the molecule is Cc1nc2ccccc2c2c1C(=O)N(c1ccc([N+](=O)[O-])cc1)C2=O. The maximum Gasteiger partial charge on any atom is 0.269 e. The molecule has 122 valence electrons. The number of aromatic nitrogens is 1. The summed E-state index contributed by atoms with van der Waals surface area (Å²) in [4.78, 5) is 41.5. The fourth-order valence-corrected chi connectivity index (χ4v) is 3.09. The van der Waals surface area contributed by atoms with Crippen LogP contribution in [0.25, 0.3) is 10.9 Å². The number of nitro groups is 1. The number of pyridine rings is 1. The molecule has 4 rings (SSSR count). The van der Waals surface area contributed by atoms with E-state index in [-0.39, 0.29) is 11.3 Å². The number of non-ortho nitro benzene ring substituents is 1. The van der Waals surface area contributed by atoms with E-state index in [4.69, 9.17) is 0 Å². The Labute approximate surface area is 141 Å². The molecule has 0 unspecified atom stereocenters. The van der Waals surface area contributed by atoms with Crippen LogP contribution in [0.1, 0.15) is 26.4 Å². The molecule has 0 bridgehead atoms. The van der Waals surface area contributed by atoms with Crippen LogP contribution in [-0.2, 0) is 0 Å². The van der Waals surface area contributed by atoms with Gasteiger partial charge in [0, 0.05) is 17.5 Å². The first-order valence-corrected chi connectivity index (χ1v) is 7.51. The molecule has 2 amide bonds. The van der Waals surface area contributed by atoms with Crippen LogP contribution < -0.4 is 4.90 Å². The van der Waals surface area contributed by atoms with Gasteiger partial charge in [-0.15, -0.1) is 0 Å². The molecular formula is C18H11N3O4. The summed E-state index contributed by atoms with van der Waals surface area (Å²) in [5.74, 6) is -0.917. The predicted octanol–water partition coefficient (Wildman–Crippen LogP) is 3.25. The van der Waals surface area contributed by atoms with Crippen LogP contribution in [0.5, 0.6) is 0 Å². The first-order chi connectivity index (χ1) is 12.0. The lowest BCUT2D eigenvalue weighted by Gasteiger charge is -2.13. The van der Waals surface area contributed by atoms with Gasteiger partial charge in [0.05, 0.1) is 32.9 Å². The van der Waals surface area contributed by atoms with Gasteiger partial charge in [0.25, 0.3) is 17.5 Å². The first kappa shape index (κ1) is 14.9. The molecule has 0 radical (unpaired) electrons. The zero-order chi connectivity index (χ0) is 17.7. The van der Waals surface area contributed by atoms with Gasteiger partial charge in [-0.2, -0.15) is 0 Å². The monoisotopic (exact) mass is 333 g/mol. The molecular weight excluding hydrogens is 322 g/mol. The van der Waals surface area contributed by atoms with Crippen molar-refractivity contribution in [1.82, 2.24) is 4.98 Å². The molecule has 3 aromatic rings. The average Bonchev–Trinajstić information content (AvgIpc) is 2.87. The number of benzene rings is 2. The highest BCUT2D eigenvalue weighted by molar-refractivity contribution is 6.37. The van der Waals surface area contributed by atoms with E-state index in [0.717, 1.165) is 4.90 Å². The highest BCUT2D eigenvalue weighted by Crippen LogP contribution is 2.34. The standard InChI is InChI=1S/C18H11N3O4/c1-10-15-16(13-4-2-3-5-14(13)19-10)18(23)20(17(15)22)11-6-8-12(9-7-11)21(24)25/h2-9H,1H3. The molecule has 1 aliphatic heterocycles. The fourth-order valence-electron chi connectivity index (χ4n) is 3.09. The molecule has 0 fully saturated rings. The maximum atomic E-state index is 12.9. The second-order valence-corrected chi connectivity index (χ2v) is 5.68. The topological polar surface area (TPSA) is 93.4 Å². The summed E-state index contributed by atoms with van der Waals surface area (Å²) >= 11 is 0. The summed E-state index contributed by atoms with van der Waals surface area (Å²) in [6.45, 7) is 1.69. The van der Waals surface area contributed by atoms with Crippen LogP contribution in [0.4, 0.5) is 11.4 Å². The minimum atomic E-state index is -0.534. The van der Waals surface area contributed by atoms with Crippen molar-refractivity contribution in [3.8, 4) is 0 Å². The number of hydrogen-bond acceptors (Lipinski definition) is 5. The van der Waals surface area contributed by atoms with Crippen molar-refractivity contribution in [1.29, 1.82) is 0 Å². The Hall–Kier alpha value is -3.61. The Morgan fingerprint density at radius 1 is 0.960 bits per heavy atom. The van der Waals surface area contributed by atoms with Crippen LogP contribution in [-0.4, -0.2) is 21.7 Å². The van der Waals surface area contributed by atoms with Crippen LogP contribution in [0.2, 0.25) is 0 Å². The third-order valence-electron chi connectivity index (χ3n) is 4.23. The molecule has 0 aliphatic carbocycles. The zero-order valence-electron chi connectivity index (χ0n) is 13.1. The van der Waals surface area contributed by atoms with E-state index in [2.05, 4.69) is 4.98 Å². The highest BCUT2D eigenvalue weighted by atomic mass is 16.6. The number of hydrogen-bond donors (Lipinski definition) is 0. The van der Waals surface area contributed by atoms with E-state index in [1.54, 1.807) is 25.1 Å². The van der Waals surface area contributed by atoms with Crippen LogP contribution in [0, 0.1) is 17.0 Å². The number of anilines is 1. The minimum absolute atomic E-state index is 0.108. The molecule has 1 aliphatic rings. The number of nitrogens with zero attached hydrogens (tertiary/aromatic N) is 3. The van der Waals surface area contributed by atoms with Crippen LogP contribution in [0.3, 0.4) is 0 Å². The lowest BCUT2D eigenvalue weighted by atomic mass is 10.0. The number of imide groups is 1. The fraction of sp³-hybridized carbons (Fsp3) is 0.0556. The summed E-state index contributed by atoms with van der Waals surface area (Å²) in [5, 5.41) is 11.4. The predicted molar refractivity (Wildman–Crippen MR) is 90.7 cm³/mol. The molecule has 0 spiro atoms. The van der Waals surface area contributed by atoms with Crippen molar-refractivity contribution in [3.05, 3.63) is 75.5 Å². The summed E-state index contributed by atoms with van der Waals surface area (Å²) in [6, 6.07) is 12.5. The normalized spacial score (nSPS) is 13.4. The third-order valence-corrected chi connectivity index (χ3v) is 4.23. The van der Waals surface area contributed by atoms with Crippen molar-refractivity contribution in [2.75, 3.05) is 4.90 Å². The number of carbonyl (C=O) groups excluding carboxylic acids is 2. The molecule has 25 heavy (non-hydrogen) atoms. The van der Waals surface area contributed by atoms with Crippen molar-refractivity contribution >= 4 is 34.1 Å². The van der Waals surface area contributed by atoms with Crippen molar-refractivity contribution < 1.29 is 14.5 Å². The molecule has 0 saturated heterocycles. The number of amides is 2. The van der Waals surface area contributed by atoms with Gasteiger partial charge in [-0.1, -0.05) is 18.2 Å². The van der Waals surface area contributed by atoms with E-state index >= 15 is 0 Å². The lowest BCUT2D eigenvalue weighted by molar-refractivity contribution is -0.384. The molecule has 2 aromatic carbocycles. The van der Waals surface area contributed by atoms with Crippen molar-refractivity contribution in [3.63, 3.8) is 0 Å². The van der Waals surface area contributed by atoms with Crippen LogP contribution in [0.15, 0.2) is 48.5 Å². The average molecular weight is 333 g/mol. The van der Waals surface area contributed by atoms with E-state index in [0.29, 0.717) is 27.8 Å². The number of fused-ring (bicyclic) bond motifs is 3. The zero-order valence-corrected chi connectivity index (χ0v) is 13.1. The number of para-hydroxylation sites is 1. The maximum absolute atomic E-state index is 12.9. The number of rotatable bonds is 2. The minimum Gasteiger partial charge on any atom is -0.268 e. The molecule has 1 aromatic heterocycles. The van der Waals surface area contributed by atoms with Crippen molar-refractivity contribution in [2.24, 2.45) is 0 Å². The van der Waals surface area contributed by atoms with E-state index in [1.165, 1.54) is 24.3 Å². The Balaban J connectivity index is 1.89. The van der Waals surface area contributed by atoms with Gasteiger partial charge in [-0.05, 0) is 25.1 Å². The van der Waals surface area contributed by atoms with Crippen LogP contribution >= 0.6 is 0 Å². The Bertz CT molecular complexity index is 1070. The van der Waals surface area contributed by atoms with Gasteiger partial charge in [0.2, 0.25) is 0 Å². The Morgan fingerprint density at radius 3 is 2.28 bits per heavy atom. The van der Waals surface area contributed by atoms with Crippen molar-refractivity contribution in [2.45, 2.75) is 6.92 Å². The summed E-state index contributed by atoms with van der Waals surface area (Å²) in [5.41, 5.74) is 1.92. The molecule has 0 atom stereocenters. The Kier molecular flexibility index (Phi) is 3.11. The smallest absolute Gasteiger partial charge is 0.268 e. The Morgan fingerprint density at radius 2 is 1.60 bits per heavy atom. The second kappa shape index (κ2) is 5.20. The summed E-state index contributed by atoms with van der Waals surface area (Å²) in [7, 11) is 0. The van der Waals surface area contributed by atoms with Gasteiger partial charge in [-0.3, -0.25) is 24.7 Å². The van der Waals surface area contributed by atoms with E-state index in [1.807, 2.05) is 6.07 Å².